The second kappa shape index (κ2) is 5.34. The van der Waals surface area contributed by atoms with E-state index >= 15 is 0 Å². The molecule has 0 spiro atoms. The van der Waals surface area contributed by atoms with Gasteiger partial charge in [0.25, 0.3) is 0 Å². The number of aryl methyl sites for hydroxylation is 1. The molecular weight excluding hydrogens is 228 g/mol. The summed E-state index contributed by atoms with van der Waals surface area (Å²) in [5, 5.41) is 4.31. The molecule has 17 heavy (non-hydrogen) atoms. The average Bonchev–Trinajstić information content (AvgIpc) is 2.81. The maximum atomic E-state index is 5.81. The van der Waals surface area contributed by atoms with Crippen molar-refractivity contribution >= 4 is 17.0 Å². The summed E-state index contributed by atoms with van der Waals surface area (Å²) in [6, 6.07) is 8.48. The van der Waals surface area contributed by atoms with Gasteiger partial charge in [-0.2, -0.15) is 11.3 Å². The van der Waals surface area contributed by atoms with Gasteiger partial charge in [-0.05, 0) is 40.4 Å². The lowest BCUT2D eigenvalue weighted by Crippen LogP contribution is -2.19. The highest BCUT2D eigenvalue weighted by Gasteiger charge is 2.09. The van der Waals surface area contributed by atoms with Gasteiger partial charge in [0, 0.05) is 25.8 Å². The Bertz CT molecular complexity index is 477. The number of benzene rings is 1. The van der Waals surface area contributed by atoms with Gasteiger partial charge in [0.1, 0.15) is 0 Å². The van der Waals surface area contributed by atoms with E-state index in [0.29, 0.717) is 6.54 Å². The number of anilines is 1. The minimum atomic E-state index is 0.588. The number of thiophene rings is 1. The molecule has 0 aliphatic rings. The predicted molar refractivity (Wildman–Crippen MR) is 75.5 cm³/mol. The van der Waals surface area contributed by atoms with Crippen molar-refractivity contribution in [2.24, 2.45) is 5.73 Å². The summed E-state index contributed by atoms with van der Waals surface area (Å²) in [6.07, 6.45) is 0. The molecule has 0 fully saturated rings. The molecule has 2 N–H and O–H groups in total. The molecule has 1 aromatic heterocycles. The van der Waals surface area contributed by atoms with Crippen LogP contribution in [0.15, 0.2) is 35.0 Å². The lowest BCUT2D eigenvalue weighted by Gasteiger charge is -2.24. The minimum absolute atomic E-state index is 0.588. The number of rotatable bonds is 4. The molecule has 2 rings (SSSR count). The van der Waals surface area contributed by atoms with Gasteiger partial charge in [0.2, 0.25) is 0 Å². The molecule has 1 aromatic carbocycles. The summed E-state index contributed by atoms with van der Waals surface area (Å²) in [7, 11) is 2.12. The topological polar surface area (TPSA) is 29.3 Å². The standard InChI is InChI=1S/C14H18N2S/c1-11-4-3-5-13(8-15)14(11)16(2)9-12-6-7-17-10-12/h3-7,10H,8-9,15H2,1-2H3. The molecule has 90 valence electrons. The second-order valence-corrected chi connectivity index (χ2v) is 5.05. The van der Waals surface area contributed by atoms with E-state index in [4.69, 9.17) is 5.73 Å². The number of nitrogens with two attached hydrogens (primary N) is 1. The van der Waals surface area contributed by atoms with E-state index in [1.165, 1.54) is 22.4 Å². The Balaban J connectivity index is 2.26. The fourth-order valence-electron chi connectivity index (χ4n) is 2.17. The van der Waals surface area contributed by atoms with Crippen LogP contribution in [0.2, 0.25) is 0 Å². The van der Waals surface area contributed by atoms with Crippen molar-refractivity contribution in [3.05, 3.63) is 51.7 Å². The Labute approximate surface area is 107 Å². The molecule has 2 nitrogen and oxygen atoms in total. The van der Waals surface area contributed by atoms with E-state index in [-0.39, 0.29) is 0 Å². The van der Waals surface area contributed by atoms with Crippen LogP contribution in [-0.4, -0.2) is 7.05 Å². The highest BCUT2D eigenvalue weighted by Crippen LogP contribution is 2.25. The molecule has 0 unspecified atom stereocenters. The second-order valence-electron chi connectivity index (χ2n) is 4.27. The lowest BCUT2D eigenvalue weighted by atomic mass is 10.1. The molecule has 0 radical (unpaired) electrons. The van der Waals surface area contributed by atoms with Gasteiger partial charge < -0.3 is 10.6 Å². The minimum Gasteiger partial charge on any atom is -0.370 e. The number of hydrogen-bond donors (Lipinski definition) is 1. The quantitative estimate of drug-likeness (QED) is 0.898. The average molecular weight is 246 g/mol. The molecule has 0 saturated carbocycles. The van der Waals surface area contributed by atoms with Crippen molar-refractivity contribution in [3.8, 4) is 0 Å². The van der Waals surface area contributed by atoms with Crippen molar-refractivity contribution in [2.75, 3.05) is 11.9 Å². The maximum Gasteiger partial charge on any atom is 0.0441 e. The highest BCUT2D eigenvalue weighted by molar-refractivity contribution is 7.07. The van der Waals surface area contributed by atoms with Gasteiger partial charge in [-0.15, -0.1) is 0 Å². The normalized spacial score (nSPS) is 10.5. The Morgan fingerprint density at radius 1 is 1.29 bits per heavy atom. The summed E-state index contributed by atoms with van der Waals surface area (Å²) in [5.41, 5.74) is 10.9. The number of para-hydroxylation sites is 1. The van der Waals surface area contributed by atoms with Gasteiger partial charge in [0.05, 0.1) is 0 Å². The Morgan fingerprint density at radius 2 is 2.12 bits per heavy atom. The van der Waals surface area contributed by atoms with Crippen LogP contribution in [0.5, 0.6) is 0 Å². The van der Waals surface area contributed by atoms with Crippen molar-refractivity contribution in [1.29, 1.82) is 0 Å². The van der Waals surface area contributed by atoms with E-state index < -0.39 is 0 Å². The molecule has 1 heterocycles. The third-order valence-corrected chi connectivity index (χ3v) is 3.65. The zero-order chi connectivity index (χ0) is 12.3. The molecule has 0 aliphatic carbocycles. The van der Waals surface area contributed by atoms with Crippen molar-refractivity contribution in [1.82, 2.24) is 0 Å². The van der Waals surface area contributed by atoms with Gasteiger partial charge in [-0.1, -0.05) is 18.2 Å². The molecule has 0 atom stereocenters. The van der Waals surface area contributed by atoms with Crippen LogP contribution in [-0.2, 0) is 13.1 Å². The summed E-state index contributed by atoms with van der Waals surface area (Å²) in [5.74, 6) is 0. The van der Waals surface area contributed by atoms with E-state index in [1.54, 1.807) is 11.3 Å². The van der Waals surface area contributed by atoms with Crippen LogP contribution in [0.3, 0.4) is 0 Å². The van der Waals surface area contributed by atoms with E-state index in [0.717, 1.165) is 6.54 Å². The fourth-order valence-corrected chi connectivity index (χ4v) is 2.83. The fraction of sp³-hybridized carbons (Fsp3) is 0.286. The molecule has 3 heteroatoms. The summed E-state index contributed by atoms with van der Waals surface area (Å²) < 4.78 is 0. The summed E-state index contributed by atoms with van der Waals surface area (Å²) >= 11 is 1.74. The van der Waals surface area contributed by atoms with E-state index in [1.807, 2.05) is 0 Å². The van der Waals surface area contributed by atoms with Crippen molar-refractivity contribution in [3.63, 3.8) is 0 Å². The molecule has 0 amide bonds. The Morgan fingerprint density at radius 3 is 2.76 bits per heavy atom. The highest BCUT2D eigenvalue weighted by atomic mass is 32.1. The SMILES string of the molecule is Cc1cccc(CN)c1N(C)Cc1ccsc1. The predicted octanol–water partition coefficient (Wildman–Crippen LogP) is 3.15. The molecule has 2 aromatic rings. The summed E-state index contributed by atoms with van der Waals surface area (Å²) in [6.45, 7) is 3.66. The van der Waals surface area contributed by atoms with E-state index in [2.05, 4.69) is 53.9 Å². The number of hydrogen-bond acceptors (Lipinski definition) is 3. The Hall–Kier alpha value is -1.32. The number of nitrogens with zero attached hydrogens (tertiary/aromatic N) is 1. The van der Waals surface area contributed by atoms with E-state index in [9.17, 15) is 0 Å². The van der Waals surface area contributed by atoms with Crippen LogP contribution in [0, 0.1) is 6.92 Å². The van der Waals surface area contributed by atoms with Gasteiger partial charge in [-0.3, -0.25) is 0 Å². The zero-order valence-electron chi connectivity index (χ0n) is 10.3. The zero-order valence-corrected chi connectivity index (χ0v) is 11.1. The molecule has 0 aliphatic heterocycles. The smallest absolute Gasteiger partial charge is 0.0441 e. The maximum absolute atomic E-state index is 5.81. The van der Waals surface area contributed by atoms with Crippen molar-refractivity contribution < 1.29 is 0 Å². The third kappa shape index (κ3) is 2.68. The van der Waals surface area contributed by atoms with Crippen LogP contribution in [0.1, 0.15) is 16.7 Å². The largest absolute Gasteiger partial charge is 0.370 e. The molecular formula is C14H18N2S. The molecule has 0 bridgehead atoms. The first kappa shape index (κ1) is 12.1. The first-order valence-corrected chi connectivity index (χ1v) is 6.67. The van der Waals surface area contributed by atoms with Crippen LogP contribution in [0.4, 0.5) is 5.69 Å². The van der Waals surface area contributed by atoms with Crippen LogP contribution in [0.25, 0.3) is 0 Å². The third-order valence-electron chi connectivity index (χ3n) is 2.92. The first-order valence-electron chi connectivity index (χ1n) is 5.73. The van der Waals surface area contributed by atoms with Gasteiger partial charge in [-0.25, -0.2) is 0 Å². The first-order chi connectivity index (χ1) is 8.22. The summed E-state index contributed by atoms with van der Waals surface area (Å²) in [4.78, 5) is 2.28. The lowest BCUT2D eigenvalue weighted by molar-refractivity contribution is 0.901. The molecule has 0 saturated heterocycles. The Kier molecular flexibility index (Phi) is 3.82. The van der Waals surface area contributed by atoms with Gasteiger partial charge in [0.15, 0.2) is 0 Å². The monoisotopic (exact) mass is 246 g/mol. The van der Waals surface area contributed by atoms with Gasteiger partial charge >= 0.3 is 0 Å². The van der Waals surface area contributed by atoms with Crippen molar-refractivity contribution in [2.45, 2.75) is 20.0 Å². The van der Waals surface area contributed by atoms with Crippen LogP contribution < -0.4 is 10.6 Å². The van der Waals surface area contributed by atoms with Crippen LogP contribution >= 0.6 is 11.3 Å².